The molecule has 0 bridgehead atoms. The van der Waals surface area contributed by atoms with Crippen LogP contribution in [0.2, 0.25) is 0 Å². The third kappa shape index (κ3) is 3.02. The molecular formula is C13H16F3N3O. The second-order valence-corrected chi connectivity index (χ2v) is 4.85. The Kier molecular flexibility index (Phi) is 3.87. The lowest BCUT2D eigenvalue weighted by Crippen LogP contribution is -2.31. The second kappa shape index (κ2) is 5.30. The summed E-state index contributed by atoms with van der Waals surface area (Å²) in [5.41, 5.74) is 4.28. The van der Waals surface area contributed by atoms with Crippen molar-refractivity contribution in [2.75, 3.05) is 11.4 Å². The highest BCUT2D eigenvalue weighted by Gasteiger charge is 2.36. The van der Waals surface area contributed by atoms with Crippen LogP contribution in [0.1, 0.15) is 42.2 Å². The molecule has 4 nitrogen and oxygen atoms in total. The lowest BCUT2D eigenvalue weighted by molar-refractivity contribution is -0.141. The van der Waals surface area contributed by atoms with E-state index in [4.69, 9.17) is 5.73 Å². The summed E-state index contributed by atoms with van der Waals surface area (Å²) in [4.78, 5) is 16.8. The highest BCUT2D eigenvalue weighted by molar-refractivity contribution is 5.97. The molecule has 1 aromatic heterocycles. The maximum Gasteiger partial charge on any atom is 0.433 e. The Morgan fingerprint density at radius 2 is 2.10 bits per heavy atom. The first kappa shape index (κ1) is 14.6. The lowest BCUT2D eigenvalue weighted by atomic mass is 10.2. The van der Waals surface area contributed by atoms with Gasteiger partial charge in [0.15, 0.2) is 0 Å². The minimum Gasteiger partial charge on any atom is -0.365 e. The van der Waals surface area contributed by atoms with E-state index in [1.165, 1.54) is 0 Å². The zero-order valence-corrected chi connectivity index (χ0v) is 11.1. The Bertz CT molecular complexity index is 512. The largest absolute Gasteiger partial charge is 0.433 e. The molecule has 0 aromatic carbocycles. The summed E-state index contributed by atoms with van der Waals surface area (Å²) in [7, 11) is 0. The number of pyridine rings is 1. The molecule has 1 aliphatic carbocycles. The van der Waals surface area contributed by atoms with Crippen molar-refractivity contribution in [3.8, 4) is 0 Å². The van der Waals surface area contributed by atoms with Crippen LogP contribution in [0.3, 0.4) is 0 Å². The maximum atomic E-state index is 12.8. The SMILES string of the molecule is CCCN(c1nc(C(F)(F)F)ccc1C(N)=O)C1CC1. The predicted molar refractivity (Wildman–Crippen MR) is 68.4 cm³/mol. The molecular weight excluding hydrogens is 271 g/mol. The van der Waals surface area contributed by atoms with E-state index < -0.39 is 17.8 Å². The topological polar surface area (TPSA) is 59.2 Å². The van der Waals surface area contributed by atoms with Crippen LogP contribution >= 0.6 is 0 Å². The highest BCUT2D eigenvalue weighted by Crippen LogP contribution is 2.35. The summed E-state index contributed by atoms with van der Waals surface area (Å²) in [5, 5.41) is 0. The van der Waals surface area contributed by atoms with Crippen LogP contribution in [0, 0.1) is 0 Å². The van der Waals surface area contributed by atoms with Gasteiger partial charge >= 0.3 is 6.18 Å². The number of halogens is 3. The fraction of sp³-hybridized carbons (Fsp3) is 0.538. The van der Waals surface area contributed by atoms with Gasteiger partial charge in [-0.1, -0.05) is 6.92 Å². The standard InChI is InChI=1S/C13H16F3N3O/c1-2-7-19(8-3-4-8)12-9(11(17)20)5-6-10(18-12)13(14,15)16/h5-6,8H,2-4,7H2,1H3,(H2,17,20). The smallest absolute Gasteiger partial charge is 0.365 e. The number of hydrogen-bond donors (Lipinski definition) is 1. The van der Waals surface area contributed by atoms with Crippen molar-refractivity contribution in [1.82, 2.24) is 4.98 Å². The predicted octanol–water partition coefficient (Wildman–Crippen LogP) is 2.58. The van der Waals surface area contributed by atoms with E-state index in [9.17, 15) is 18.0 Å². The second-order valence-electron chi connectivity index (χ2n) is 4.85. The van der Waals surface area contributed by atoms with E-state index in [-0.39, 0.29) is 17.4 Å². The van der Waals surface area contributed by atoms with Gasteiger partial charge in [-0.25, -0.2) is 4.98 Å². The quantitative estimate of drug-likeness (QED) is 0.905. The molecule has 0 radical (unpaired) electrons. The Morgan fingerprint density at radius 3 is 2.55 bits per heavy atom. The van der Waals surface area contributed by atoms with Crippen molar-refractivity contribution in [1.29, 1.82) is 0 Å². The molecule has 0 saturated heterocycles. The number of alkyl halides is 3. The summed E-state index contributed by atoms with van der Waals surface area (Å²) >= 11 is 0. The van der Waals surface area contributed by atoms with Gasteiger partial charge in [0, 0.05) is 12.6 Å². The van der Waals surface area contributed by atoms with Crippen LogP contribution in [0.5, 0.6) is 0 Å². The number of nitrogens with two attached hydrogens (primary N) is 1. The molecule has 110 valence electrons. The number of anilines is 1. The highest BCUT2D eigenvalue weighted by atomic mass is 19.4. The fourth-order valence-electron chi connectivity index (χ4n) is 2.11. The zero-order valence-electron chi connectivity index (χ0n) is 11.1. The number of aromatic nitrogens is 1. The molecule has 0 unspecified atom stereocenters. The summed E-state index contributed by atoms with van der Waals surface area (Å²) in [6, 6.07) is 2.06. The van der Waals surface area contributed by atoms with Gasteiger partial charge < -0.3 is 10.6 Å². The summed E-state index contributed by atoms with van der Waals surface area (Å²) in [5.74, 6) is -0.709. The molecule has 1 amide bonds. The first-order valence-corrected chi connectivity index (χ1v) is 6.49. The minimum absolute atomic E-state index is 0.0401. The molecule has 0 spiro atoms. The van der Waals surface area contributed by atoms with Gasteiger partial charge in [0.1, 0.15) is 11.5 Å². The Balaban J connectivity index is 2.48. The molecule has 1 fully saturated rings. The molecule has 2 N–H and O–H groups in total. The third-order valence-electron chi connectivity index (χ3n) is 3.16. The number of rotatable bonds is 5. The van der Waals surface area contributed by atoms with Gasteiger partial charge in [-0.15, -0.1) is 0 Å². The molecule has 7 heteroatoms. The fourth-order valence-corrected chi connectivity index (χ4v) is 2.11. The van der Waals surface area contributed by atoms with Gasteiger partial charge in [-0.05, 0) is 31.4 Å². The van der Waals surface area contributed by atoms with E-state index in [2.05, 4.69) is 4.98 Å². The Labute approximate surface area is 114 Å². The average Bonchev–Trinajstić information content (AvgIpc) is 3.18. The monoisotopic (exact) mass is 287 g/mol. The van der Waals surface area contributed by atoms with Gasteiger partial charge in [-0.2, -0.15) is 13.2 Å². The van der Waals surface area contributed by atoms with Crippen LogP contribution in [-0.4, -0.2) is 23.5 Å². The number of amides is 1. The molecule has 20 heavy (non-hydrogen) atoms. The molecule has 0 atom stereocenters. The van der Waals surface area contributed by atoms with Gasteiger partial charge in [-0.3, -0.25) is 4.79 Å². The van der Waals surface area contributed by atoms with Gasteiger partial charge in [0.05, 0.1) is 5.56 Å². The molecule has 1 saturated carbocycles. The molecule has 1 aliphatic rings. The number of primary amides is 1. The van der Waals surface area contributed by atoms with Gasteiger partial charge in [0.2, 0.25) is 0 Å². The molecule has 2 rings (SSSR count). The first-order valence-electron chi connectivity index (χ1n) is 6.49. The van der Waals surface area contributed by atoms with Crippen molar-refractivity contribution < 1.29 is 18.0 Å². The summed E-state index contributed by atoms with van der Waals surface area (Å²) in [6.07, 6.45) is -1.98. The van der Waals surface area contributed by atoms with Crippen molar-refractivity contribution in [2.45, 2.75) is 38.4 Å². The maximum absolute atomic E-state index is 12.8. The Hall–Kier alpha value is -1.79. The summed E-state index contributed by atoms with van der Waals surface area (Å²) < 4.78 is 38.3. The van der Waals surface area contributed by atoms with E-state index in [0.29, 0.717) is 6.54 Å². The molecule has 0 aliphatic heterocycles. The van der Waals surface area contributed by atoms with Crippen LogP contribution in [0.4, 0.5) is 19.0 Å². The van der Waals surface area contributed by atoms with Crippen LogP contribution in [-0.2, 0) is 6.18 Å². The number of nitrogens with zero attached hydrogens (tertiary/aromatic N) is 2. The summed E-state index contributed by atoms with van der Waals surface area (Å²) in [6.45, 7) is 2.48. The average molecular weight is 287 g/mol. The van der Waals surface area contributed by atoms with E-state index in [1.54, 1.807) is 4.90 Å². The minimum atomic E-state index is -4.54. The zero-order chi connectivity index (χ0) is 14.9. The molecule has 1 heterocycles. The van der Waals surface area contributed by atoms with E-state index >= 15 is 0 Å². The van der Waals surface area contributed by atoms with Crippen molar-refractivity contribution >= 4 is 11.7 Å². The van der Waals surface area contributed by atoms with Crippen molar-refractivity contribution in [3.63, 3.8) is 0 Å². The van der Waals surface area contributed by atoms with Crippen LogP contribution in [0.15, 0.2) is 12.1 Å². The van der Waals surface area contributed by atoms with Gasteiger partial charge in [0.25, 0.3) is 5.91 Å². The number of carbonyl (C=O) groups excluding carboxylic acids is 1. The van der Waals surface area contributed by atoms with Crippen LogP contribution in [0.25, 0.3) is 0 Å². The van der Waals surface area contributed by atoms with Crippen LogP contribution < -0.4 is 10.6 Å². The first-order chi connectivity index (χ1) is 9.34. The van der Waals surface area contributed by atoms with E-state index in [0.717, 1.165) is 31.4 Å². The molecule has 1 aromatic rings. The van der Waals surface area contributed by atoms with Crippen molar-refractivity contribution in [3.05, 3.63) is 23.4 Å². The number of carbonyl (C=O) groups is 1. The normalized spacial score (nSPS) is 15.2. The lowest BCUT2D eigenvalue weighted by Gasteiger charge is -2.25. The third-order valence-corrected chi connectivity index (χ3v) is 3.16. The van der Waals surface area contributed by atoms with E-state index in [1.807, 2.05) is 6.92 Å². The Morgan fingerprint density at radius 1 is 1.45 bits per heavy atom. The number of hydrogen-bond acceptors (Lipinski definition) is 3. The van der Waals surface area contributed by atoms with Crippen molar-refractivity contribution in [2.24, 2.45) is 5.73 Å².